The molecule has 1 amide bonds. The van der Waals surface area contributed by atoms with Gasteiger partial charge < -0.3 is 9.47 Å². The fraction of sp³-hybridized carbons (Fsp3) is 0.316. The van der Waals surface area contributed by atoms with Crippen molar-refractivity contribution in [2.45, 2.75) is 26.1 Å². The van der Waals surface area contributed by atoms with E-state index in [4.69, 9.17) is 9.47 Å². The number of nitrogens with zero attached hydrogens (tertiary/aromatic N) is 1. The number of rotatable bonds is 3. The SMILES string of the molecule is CC.COc1ccc(N2C(=O)OCC2c2cccc(C(F)(F)F)c2)cc1. The summed E-state index contributed by atoms with van der Waals surface area (Å²) < 4.78 is 48.8. The number of hydrogen-bond donors (Lipinski definition) is 0. The summed E-state index contributed by atoms with van der Waals surface area (Å²) in [6, 6.07) is 11.0. The van der Waals surface area contributed by atoms with Gasteiger partial charge in [-0.2, -0.15) is 13.2 Å². The van der Waals surface area contributed by atoms with Gasteiger partial charge >= 0.3 is 12.3 Å². The molecule has 0 bridgehead atoms. The third-order valence-electron chi connectivity index (χ3n) is 3.82. The van der Waals surface area contributed by atoms with Crippen molar-refractivity contribution in [1.82, 2.24) is 0 Å². The molecule has 0 radical (unpaired) electrons. The van der Waals surface area contributed by atoms with E-state index in [-0.39, 0.29) is 6.61 Å². The number of ether oxygens (including phenoxy) is 2. The van der Waals surface area contributed by atoms with Crippen LogP contribution in [0.15, 0.2) is 48.5 Å². The molecule has 0 spiro atoms. The van der Waals surface area contributed by atoms with Gasteiger partial charge in [0.25, 0.3) is 0 Å². The molecule has 2 aromatic rings. The van der Waals surface area contributed by atoms with E-state index in [1.807, 2.05) is 13.8 Å². The number of benzene rings is 2. The highest BCUT2D eigenvalue weighted by Gasteiger charge is 2.37. The predicted molar refractivity (Wildman–Crippen MR) is 92.4 cm³/mol. The number of carbonyl (C=O) groups is 1. The highest BCUT2D eigenvalue weighted by Crippen LogP contribution is 2.36. The standard InChI is InChI=1S/C17H14F3NO3.C2H6/c1-23-14-7-5-13(6-8-14)21-15(10-24-16(21)22)11-3-2-4-12(9-11)17(18,19)20;1-2/h2-9,15H,10H2,1H3;1-2H3. The van der Waals surface area contributed by atoms with Crippen LogP contribution in [0.4, 0.5) is 23.7 Å². The van der Waals surface area contributed by atoms with Crippen molar-refractivity contribution in [2.24, 2.45) is 0 Å². The van der Waals surface area contributed by atoms with Crippen molar-refractivity contribution in [3.05, 3.63) is 59.7 Å². The van der Waals surface area contributed by atoms with E-state index in [0.717, 1.165) is 12.1 Å². The van der Waals surface area contributed by atoms with E-state index in [0.29, 0.717) is 17.0 Å². The number of halogens is 3. The van der Waals surface area contributed by atoms with E-state index in [2.05, 4.69) is 0 Å². The third-order valence-corrected chi connectivity index (χ3v) is 3.82. The second kappa shape index (κ2) is 8.12. The van der Waals surface area contributed by atoms with E-state index >= 15 is 0 Å². The molecule has 1 aliphatic rings. The Morgan fingerprint density at radius 3 is 2.35 bits per heavy atom. The van der Waals surface area contributed by atoms with Gasteiger partial charge in [-0.3, -0.25) is 4.90 Å². The van der Waals surface area contributed by atoms with Crippen molar-refractivity contribution in [1.29, 1.82) is 0 Å². The summed E-state index contributed by atoms with van der Waals surface area (Å²) in [5, 5.41) is 0. The number of carbonyl (C=O) groups excluding carboxylic acids is 1. The van der Waals surface area contributed by atoms with Gasteiger partial charge in [-0.1, -0.05) is 26.0 Å². The van der Waals surface area contributed by atoms with Gasteiger partial charge in [-0.25, -0.2) is 4.79 Å². The maximum atomic E-state index is 12.9. The number of cyclic esters (lactones) is 1. The van der Waals surface area contributed by atoms with E-state index < -0.39 is 23.9 Å². The second-order valence-electron chi connectivity index (χ2n) is 5.28. The van der Waals surface area contributed by atoms with Crippen LogP contribution in [0.2, 0.25) is 0 Å². The first-order valence-electron chi connectivity index (χ1n) is 8.17. The zero-order valence-corrected chi connectivity index (χ0v) is 14.7. The normalized spacial score (nSPS) is 16.6. The molecule has 1 aliphatic heterocycles. The Morgan fingerprint density at radius 2 is 1.77 bits per heavy atom. The average molecular weight is 367 g/mol. The summed E-state index contributed by atoms with van der Waals surface area (Å²) in [5.41, 5.74) is 0.140. The fourth-order valence-corrected chi connectivity index (χ4v) is 2.62. The molecule has 1 unspecified atom stereocenters. The van der Waals surface area contributed by atoms with Crippen LogP contribution in [0, 0.1) is 0 Å². The Kier molecular flexibility index (Phi) is 6.13. The second-order valence-corrected chi connectivity index (χ2v) is 5.28. The first kappa shape index (κ1) is 19.6. The Morgan fingerprint density at radius 1 is 1.12 bits per heavy atom. The van der Waals surface area contributed by atoms with Crippen molar-refractivity contribution in [2.75, 3.05) is 18.6 Å². The number of alkyl halides is 3. The Labute approximate surface area is 150 Å². The van der Waals surface area contributed by atoms with Crippen LogP contribution in [0.25, 0.3) is 0 Å². The van der Waals surface area contributed by atoms with Crippen LogP contribution in [-0.4, -0.2) is 19.8 Å². The lowest BCUT2D eigenvalue weighted by Crippen LogP contribution is -2.27. The monoisotopic (exact) mass is 367 g/mol. The molecule has 1 saturated heterocycles. The van der Waals surface area contributed by atoms with Crippen molar-refractivity contribution in [3.63, 3.8) is 0 Å². The minimum atomic E-state index is -4.44. The molecule has 0 N–H and O–H groups in total. The van der Waals surface area contributed by atoms with Crippen LogP contribution in [-0.2, 0) is 10.9 Å². The van der Waals surface area contributed by atoms with Gasteiger partial charge in [0.15, 0.2) is 0 Å². The van der Waals surface area contributed by atoms with Crippen LogP contribution in [0.1, 0.15) is 31.0 Å². The Bertz CT molecular complexity index is 744. The molecule has 1 heterocycles. The minimum absolute atomic E-state index is 0.00776. The molecule has 140 valence electrons. The number of hydrogen-bond acceptors (Lipinski definition) is 3. The first-order valence-corrected chi connectivity index (χ1v) is 8.17. The predicted octanol–water partition coefficient (Wildman–Crippen LogP) is 5.44. The quantitative estimate of drug-likeness (QED) is 0.725. The topological polar surface area (TPSA) is 38.8 Å². The van der Waals surface area contributed by atoms with Gasteiger partial charge in [-0.15, -0.1) is 0 Å². The van der Waals surface area contributed by atoms with Gasteiger partial charge in [0.2, 0.25) is 0 Å². The molecule has 3 rings (SSSR count). The number of methoxy groups -OCH3 is 1. The summed E-state index contributed by atoms with van der Waals surface area (Å²) in [4.78, 5) is 13.4. The van der Waals surface area contributed by atoms with Crippen LogP contribution >= 0.6 is 0 Å². The summed E-state index contributed by atoms with van der Waals surface area (Å²) >= 11 is 0. The third kappa shape index (κ3) is 4.09. The molecule has 2 aromatic carbocycles. The van der Waals surface area contributed by atoms with Crippen LogP contribution < -0.4 is 9.64 Å². The molecule has 1 fully saturated rings. The molecular formula is C19H20F3NO3. The highest BCUT2D eigenvalue weighted by atomic mass is 19.4. The summed E-state index contributed by atoms with van der Waals surface area (Å²) in [5.74, 6) is 0.613. The van der Waals surface area contributed by atoms with Gasteiger partial charge in [0.1, 0.15) is 12.4 Å². The summed E-state index contributed by atoms with van der Waals surface area (Å²) in [6.07, 6.45) is -5.03. The lowest BCUT2D eigenvalue weighted by molar-refractivity contribution is -0.137. The first-order chi connectivity index (χ1) is 12.4. The number of amides is 1. The molecular weight excluding hydrogens is 347 g/mol. The highest BCUT2D eigenvalue weighted by molar-refractivity contribution is 5.90. The van der Waals surface area contributed by atoms with Gasteiger partial charge in [0.05, 0.1) is 18.7 Å². The van der Waals surface area contributed by atoms with Crippen molar-refractivity contribution >= 4 is 11.8 Å². The van der Waals surface area contributed by atoms with E-state index in [1.54, 1.807) is 30.3 Å². The summed E-state index contributed by atoms with van der Waals surface area (Å²) in [7, 11) is 1.52. The molecule has 7 heteroatoms. The zero-order chi connectivity index (χ0) is 19.3. The minimum Gasteiger partial charge on any atom is -0.497 e. The Hall–Kier alpha value is -2.70. The molecule has 0 aromatic heterocycles. The van der Waals surface area contributed by atoms with E-state index in [9.17, 15) is 18.0 Å². The van der Waals surface area contributed by atoms with Crippen LogP contribution in [0.5, 0.6) is 5.75 Å². The smallest absolute Gasteiger partial charge is 0.416 e. The lowest BCUT2D eigenvalue weighted by atomic mass is 10.0. The van der Waals surface area contributed by atoms with Crippen molar-refractivity contribution < 1.29 is 27.4 Å². The maximum absolute atomic E-state index is 12.9. The molecule has 0 saturated carbocycles. The van der Waals surface area contributed by atoms with Gasteiger partial charge in [0, 0.05) is 5.69 Å². The largest absolute Gasteiger partial charge is 0.497 e. The average Bonchev–Trinajstić information content (AvgIpc) is 3.04. The Balaban J connectivity index is 0.00000117. The lowest BCUT2D eigenvalue weighted by Gasteiger charge is -2.22. The maximum Gasteiger partial charge on any atom is 0.416 e. The fourth-order valence-electron chi connectivity index (χ4n) is 2.62. The molecule has 0 aliphatic carbocycles. The summed E-state index contributed by atoms with van der Waals surface area (Å²) in [6.45, 7) is 3.99. The van der Waals surface area contributed by atoms with Crippen LogP contribution in [0.3, 0.4) is 0 Å². The zero-order valence-electron chi connectivity index (χ0n) is 14.7. The van der Waals surface area contributed by atoms with Gasteiger partial charge in [-0.05, 0) is 42.0 Å². The molecule has 26 heavy (non-hydrogen) atoms. The molecule has 4 nitrogen and oxygen atoms in total. The van der Waals surface area contributed by atoms with Crippen molar-refractivity contribution in [3.8, 4) is 5.75 Å². The number of anilines is 1. The van der Waals surface area contributed by atoms with E-state index in [1.165, 1.54) is 18.1 Å². The molecule has 1 atom stereocenters.